The molecular formula is C18H21N3O2S3. The summed E-state index contributed by atoms with van der Waals surface area (Å²) >= 11 is 5.22. The van der Waals surface area contributed by atoms with Gasteiger partial charge in [-0.3, -0.25) is 9.69 Å². The molecule has 8 heteroatoms. The highest BCUT2D eigenvalue weighted by molar-refractivity contribution is 7.98. The Morgan fingerprint density at radius 2 is 2.15 bits per heavy atom. The molecule has 2 aromatic heterocycles. The molecule has 2 aliphatic heterocycles. The van der Waals surface area contributed by atoms with Crippen molar-refractivity contribution in [2.75, 3.05) is 25.2 Å². The summed E-state index contributed by atoms with van der Waals surface area (Å²) in [5.41, 5.74) is 1.31. The van der Waals surface area contributed by atoms with Crippen LogP contribution in [0.5, 0.6) is 0 Å². The van der Waals surface area contributed by atoms with E-state index in [1.807, 2.05) is 6.26 Å². The van der Waals surface area contributed by atoms with E-state index in [4.69, 9.17) is 0 Å². The zero-order valence-electron chi connectivity index (χ0n) is 14.5. The van der Waals surface area contributed by atoms with Gasteiger partial charge < -0.3 is 5.32 Å². The smallest absolute Gasteiger partial charge is 0.325 e. The van der Waals surface area contributed by atoms with E-state index in [0.717, 1.165) is 18.7 Å². The molecule has 0 aromatic carbocycles. The normalized spacial score (nSPS) is 23.3. The summed E-state index contributed by atoms with van der Waals surface area (Å²) in [6, 6.07) is 5.87. The maximum Gasteiger partial charge on any atom is 0.325 e. The lowest BCUT2D eigenvalue weighted by Crippen LogP contribution is -2.46. The molecule has 138 valence electrons. The first-order valence-corrected chi connectivity index (χ1v) is 11.8. The molecule has 26 heavy (non-hydrogen) atoms. The summed E-state index contributed by atoms with van der Waals surface area (Å²) in [7, 11) is 0. The standard InChI is InChI=1S/C18H21N3O2S3/c1-24-9-6-13-17(22)21(18(23)19-13)11-20-7-4-14-12(5-10-26-14)16(20)15-3-2-8-25-15/h2-3,5,8,10,13,16H,4,6-7,9,11H2,1H3,(H,19,23)/t13-,16+/m1/s1. The number of urea groups is 1. The lowest BCUT2D eigenvalue weighted by atomic mass is 9.99. The minimum atomic E-state index is -0.378. The number of fused-ring (bicyclic) bond motifs is 1. The van der Waals surface area contributed by atoms with Crippen molar-refractivity contribution in [3.05, 3.63) is 44.3 Å². The minimum Gasteiger partial charge on any atom is -0.326 e. The third-order valence-electron chi connectivity index (χ3n) is 4.92. The van der Waals surface area contributed by atoms with Gasteiger partial charge in [-0.2, -0.15) is 11.8 Å². The van der Waals surface area contributed by atoms with Crippen LogP contribution in [0.3, 0.4) is 0 Å². The molecule has 0 bridgehead atoms. The zero-order chi connectivity index (χ0) is 18.1. The number of carbonyl (C=O) groups is 2. The monoisotopic (exact) mass is 407 g/mol. The Labute approximate surface area is 165 Å². The van der Waals surface area contributed by atoms with E-state index >= 15 is 0 Å². The first-order valence-electron chi connectivity index (χ1n) is 8.63. The van der Waals surface area contributed by atoms with Crippen LogP contribution in [0.15, 0.2) is 29.0 Å². The highest BCUT2D eigenvalue weighted by Gasteiger charge is 2.40. The maximum absolute atomic E-state index is 12.7. The van der Waals surface area contributed by atoms with Crippen molar-refractivity contribution >= 4 is 46.4 Å². The van der Waals surface area contributed by atoms with Crippen LogP contribution in [0.4, 0.5) is 4.79 Å². The maximum atomic E-state index is 12.7. The van der Waals surface area contributed by atoms with Gasteiger partial charge in [-0.15, -0.1) is 22.7 Å². The Bertz CT molecular complexity index is 789. The third-order valence-corrected chi connectivity index (χ3v) is 7.48. The number of rotatable bonds is 6. The molecule has 2 atom stereocenters. The number of hydrogen-bond donors (Lipinski definition) is 1. The molecule has 0 aliphatic carbocycles. The van der Waals surface area contributed by atoms with Gasteiger partial charge in [0.15, 0.2) is 0 Å². The Morgan fingerprint density at radius 3 is 2.92 bits per heavy atom. The van der Waals surface area contributed by atoms with Crippen LogP contribution in [0, 0.1) is 0 Å². The number of imide groups is 1. The van der Waals surface area contributed by atoms with Crippen LogP contribution in [0.1, 0.15) is 27.8 Å². The molecule has 1 saturated heterocycles. The molecule has 2 aromatic rings. The second-order valence-electron chi connectivity index (χ2n) is 6.47. The molecule has 2 aliphatic rings. The SMILES string of the molecule is CSCC[C@H]1NC(=O)N(CN2CCc3sccc3[C@H]2c2cccs2)C1=O. The van der Waals surface area contributed by atoms with Crippen molar-refractivity contribution in [3.8, 4) is 0 Å². The van der Waals surface area contributed by atoms with Gasteiger partial charge in [-0.1, -0.05) is 6.07 Å². The topological polar surface area (TPSA) is 52.7 Å². The highest BCUT2D eigenvalue weighted by atomic mass is 32.2. The zero-order valence-corrected chi connectivity index (χ0v) is 17.0. The van der Waals surface area contributed by atoms with Crippen LogP contribution < -0.4 is 5.32 Å². The van der Waals surface area contributed by atoms with Crippen molar-refractivity contribution < 1.29 is 9.59 Å². The number of hydrogen-bond acceptors (Lipinski definition) is 6. The van der Waals surface area contributed by atoms with Gasteiger partial charge in [0.2, 0.25) is 0 Å². The minimum absolute atomic E-state index is 0.0925. The molecule has 1 fully saturated rings. The van der Waals surface area contributed by atoms with Crippen molar-refractivity contribution in [1.29, 1.82) is 0 Å². The lowest BCUT2D eigenvalue weighted by Gasteiger charge is -2.37. The molecule has 4 heterocycles. The number of amides is 3. The first kappa shape index (κ1) is 18.0. The first-order chi connectivity index (χ1) is 12.7. The predicted octanol–water partition coefficient (Wildman–Crippen LogP) is 3.39. The van der Waals surface area contributed by atoms with Gasteiger partial charge in [-0.25, -0.2) is 9.69 Å². The average Bonchev–Trinajstić information content (AvgIpc) is 3.37. The van der Waals surface area contributed by atoms with Crippen LogP contribution in [0.25, 0.3) is 0 Å². The Hall–Kier alpha value is -1.35. The number of thioether (sulfide) groups is 1. The number of nitrogens with zero attached hydrogens (tertiary/aromatic N) is 2. The molecule has 0 unspecified atom stereocenters. The van der Waals surface area contributed by atoms with E-state index in [1.165, 1.54) is 20.2 Å². The molecule has 4 rings (SSSR count). The number of thiophene rings is 2. The van der Waals surface area contributed by atoms with Gasteiger partial charge in [0, 0.05) is 16.3 Å². The molecule has 0 saturated carbocycles. The second kappa shape index (κ2) is 7.72. The second-order valence-corrected chi connectivity index (χ2v) is 9.44. The van der Waals surface area contributed by atoms with Gasteiger partial charge in [0.1, 0.15) is 6.04 Å². The lowest BCUT2D eigenvalue weighted by molar-refractivity contribution is -0.129. The molecule has 0 radical (unpaired) electrons. The fourth-order valence-corrected chi connectivity index (χ4v) is 5.88. The summed E-state index contributed by atoms with van der Waals surface area (Å²) in [6.45, 7) is 1.20. The van der Waals surface area contributed by atoms with E-state index in [-0.39, 0.29) is 24.0 Å². The molecule has 1 N–H and O–H groups in total. The van der Waals surface area contributed by atoms with Crippen molar-refractivity contribution in [1.82, 2.24) is 15.1 Å². The Kier molecular flexibility index (Phi) is 5.35. The van der Waals surface area contributed by atoms with Gasteiger partial charge in [0.05, 0.1) is 12.7 Å². The summed E-state index contributed by atoms with van der Waals surface area (Å²) in [4.78, 5) is 31.4. The molecule has 5 nitrogen and oxygen atoms in total. The summed E-state index contributed by atoms with van der Waals surface area (Å²) in [6.07, 6.45) is 3.66. The van der Waals surface area contributed by atoms with Gasteiger partial charge in [0.25, 0.3) is 5.91 Å². The van der Waals surface area contributed by atoms with E-state index < -0.39 is 0 Å². The van der Waals surface area contributed by atoms with Crippen LogP contribution >= 0.6 is 34.4 Å². The average molecular weight is 408 g/mol. The van der Waals surface area contributed by atoms with E-state index in [9.17, 15) is 9.59 Å². The highest BCUT2D eigenvalue weighted by Crippen LogP contribution is 2.39. The molecular weight excluding hydrogens is 386 g/mol. The van der Waals surface area contributed by atoms with E-state index in [2.05, 4.69) is 39.2 Å². The fraction of sp³-hybridized carbons (Fsp3) is 0.444. The van der Waals surface area contributed by atoms with Crippen LogP contribution in [0.2, 0.25) is 0 Å². The van der Waals surface area contributed by atoms with E-state index in [1.54, 1.807) is 34.4 Å². The summed E-state index contributed by atoms with van der Waals surface area (Å²) < 4.78 is 0. The number of nitrogens with one attached hydrogen (secondary N) is 1. The van der Waals surface area contributed by atoms with Crippen molar-refractivity contribution in [2.45, 2.75) is 24.9 Å². The Morgan fingerprint density at radius 1 is 1.27 bits per heavy atom. The quantitative estimate of drug-likeness (QED) is 0.746. The summed E-state index contributed by atoms with van der Waals surface area (Å²) in [5, 5.41) is 7.07. The fourth-order valence-electron chi connectivity index (χ4n) is 3.62. The predicted molar refractivity (Wildman–Crippen MR) is 108 cm³/mol. The van der Waals surface area contributed by atoms with Crippen molar-refractivity contribution in [2.24, 2.45) is 0 Å². The Balaban J connectivity index is 1.55. The molecule has 3 amide bonds. The number of carbonyl (C=O) groups excluding carboxylic acids is 2. The van der Waals surface area contributed by atoms with Gasteiger partial charge >= 0.3 is 6.03 Å². The van der Waals surface area contributed by atoms with Crippen LogP contribution in [-0.2, 0) is 11.2 Å². The van der Waals surface area contributed by atoms with Gasteiger partial charge in [-0.05, 0) is 53.3 Å². The molecule has 0 spiro atoms. The summed E-state index contributed by atoms with van der Waals surface area (Å²) in [5.74, 6) is 0.773. The van der Waals surface area contributed by atoms with Crippen LogP contribution in [-0.4, -0.2) is 53.0 Å². The van der Waals surface area contributed by atoms with Crippen molar-refractivity contribution in [3.63, 3.8) is 0 Å². The third kappa shape index (κ3) is 3.31. The van der Waals surface area contributed by atoms with E-state index in [0.29, 0.717) is 13.1 Å². The largest absolute Gasteiger partial charge is 0.326 e.